The fourth-order valence-corrected chi connectivity index (χ4v) is 4.29. The van der Waals surface area contributed by atoms with Crippen LogP contribution in [0.3, 0.4) is 0 Å². The Balaban J connectivity index is 1.35. The van der Waals surface area contributed by atoms with Gasteiger partial charge in [-0.05, 0) is 38.5 Å². The third-order valence-electron chi connectivity index (χ3n) is 4.65. The van der Waals surface area contributed by atoms with Gasteiger partial charge in [-0.1, -0.05) is 29.5 Å². The van der Waals surface area contributed by atoms with Crippen LogP contribution in [0.4, 0.5) is 9.93 Å². The van der Waals surface area contributed by atoms with E-state index in [1.807, 2.05) is 57.3 Å². The Morgan fingerprint density at radius 3 is 2.74 bits per heavy atom. The number of amides is 2. The van der Waals surface area contributed by atoms with Gasteiger partial charge in [0.25, 0.3) is 0 Å². The molecule has 1 aliphatic rings. The number of anilines is 1. The van der Waals surface area contributed by atoms with Gasteiger partial charge in [-0.3, -0.25) is 4.79 Å². The first-order valence-corrected chi connectivity index (χ1v) is 10.9. The summed E-state index contributed by atoms with van der Waals surface area (Å²) in [6, 6.07) is 9.74. The maximum atomic E-state index is 12.5. The number of carbonyl (C=O) groups excluding carboxylic acids is 2. The van der Waals surface area contributed by atoms with Gasteiger partial charge < -0.3 is 15.0 Å². The van der Waals surface area contributed by atoms with E-state index >= 15 is 0 Å². The highest BCUT2D eigenvalue weighted by Crippen LogP contribution is 2.29. The Labute approximate surface area is 184 Å². The standard InChI is InChI=1S/C22H25N5O3S/c1-22(2,3)30-21(29)26-10-9-17-18(14-26)31-20(24-17)25-19(28)11-15-12-23-27(13-15)16-7-5-4-6-8-16/h4-8,12-13H,9-11,14H2,1-3H3,(H,24,25,28). The highest BCUT2D eigenvalue weighted by Gasteiger charge is 2.28. The van der Waals surface area contributed by atoms with Gasteiger partial charge in [-0.25, -0.2) is 14.5 Å². The minimum Gasteiger partial charge on any atom is -0.444 e. The molecule has 8 nitrogen and oxygen atoms in total. The first kappa shape index (κ1) is 21.0. The smallest absolute Gasteiger partial charge is 0.410 e. The molecule has 2 aromatic heterocycles. The normalized spacial score (nSPS) is 13.6. The molecule has 1 N–H and O–H groups in total. The predicted molar refractivity (Wildman–Crippen MR) is 118 cm³/mol. The van der Waals surface area contributed by atoms with Crippen molar-refractivity contribution in [2.24, 2.45) is 0 Å². The van der Waals surface area contributed by atoms with Crippen LogP contribution in [0, 0.1) is 0 Å². The maximum Gasteiger partial charge on any atom is 0.410 e. The molecule has 0 saturated carbocycles. The van der Waals surface area contributed by atoms with Crippen molar-refractivity contribution < 1.29 is 14.3 Å². The van der Waals surface area contributed by atoms with Gasteiger partial charge in [-0.2, -0.15) is 5.10 Å². The quantitative estimate of drug-likeness (QED) is 0.668. The first-order chi connectivity index (χ1) is 14.8. The Hall–Kier alpha value is -3.20. The van der Waals surface area contributed by atoms with Crippen LogP contribution in [-0.2, 0) is 28.9 Å². The minimum atomic E-state index is -0.529. The molecule has 31 heavy (non-hydrogen) atoms. The molecule has 0 atom stereocenters. The van der Waals surface area contributed by atoms with Gasteiger partial charge in [0.15, 0.2) is 5.13 Å². The Bertz CT molecular complexity index is 1080. The van der Waals surface area contributed by atoms with E-state index in [-0.39, 0.29) is 18.4 Å². The van der Waals surface area contributed by atoms with Gasteiger partial charge in [0.05, 0.1) is 30.5 Å². The molecule has 0 unspecified atom stereocenters. The van der Waals surface area contributed by atoms with Crippen molar-refractivity contribution in [3.8, 4) is 5.69 Å². The van der Waals surface area contributed by atoms with Crippen molar-refractivity contribution in [3.63, 3.8) is 0 Å². The SMILES string of the molecule is CC(C)(C)OC(=O)N1CCc2nc(NC(=O)Cc3cnn(-c4ccccc4)c3)sc2C1. The predicted octanol–water partition coefficient (Wildman–Crippen LogP) is 3.80. The molecule has 2 amide bonds. The van der Waals surface area contributed by atoms with Crippen LogP contribution in [0.5, 0.6) is 0 Å². The van der Waals surface area contributed by atoms with Crippen molar-refractivity contribution in [3.05, 3.63) is 58.9 Å². The number of nitrogens with zero attached hydrogens (tertiary/aromatic N) is 4. The van der Waals surface area contributed by atoms with Crippen LogP contribution in [0.1, 0.15) is 36.9 Å². The highest BCUT2D eigenvalue weighted by molar-refractivity contribution is 7.15. The lowest BCUT2D eigenvalue weighted by atomic mass is 10.2. The second-order valence-corrected chi connectivity index (χ2v) is 9.48. The largest absolute Gasteiger partial charge is 0.444 e. The summed E-state index contributed by atoms with van der Waals surface area (Å²) in [5.41, 5.74) is 2.16. The number of hydrogen-bond acceptors (Lipinski definition) is 6. The minimum absolute atomic E-state index is 0.150. The molecule has 9 heteroatoms. The van der Waals surface area contributed by atoms with Crippen LogP contribution < -0.4 is 5.32 Å². The van der Waals surface area contributed by atoms with Gasteiger partial charge in [0, 0.05) is 24.0 Å². The van der Waals surface area contributed by atoms with E-state index in [0.717, 1.165) is 21.8 Å². The Morgan fingerprint density at radius 2 is 2.00 bits per heavy atom. The van der Waals surface area contributed by atoms with Crippen molar-refractivity contribution in [2.75, 3.05) is 11.9 Å². The van der Waals surface area contributed by atoms with Crippen molar-refractivity contribution in [2.45, 2.75) is 45.8 Å². The number of benzene rings is 1. The highest BCUT2D eigenvalue weighted by atomic mass is 32.1. The Kier molecular flexibility index (Phi) is 5.77. The molecular weight excluding hydrogens is 414 g/mol. The molecule has 0 radical (unpaired) electrons. The number of fused-ring (bicyclic) bond motifs is 1. The van der Waals surface area contributed by atoms with E-state index in [9.17, 15) is 9.59 Å². The van der Waals surface area contributed by atoms with Gasteiger partial charge in [0.2, 0.25) is 5.91 Å². The van der Waals surface area contributed by atoms with Crippen LogP contribution in [0.15, 0.2) is 42.7 Å². The molecular formula is C22H25N5O3S. The fraction of sp³-hybridized carbons (Fsp3) is 0.364. The number of carbonyl (C=O) groups is 2. The molecule has 0 spiro atoms. The van der Waals surface area contributed by atoms with Gasteiger partial charge in [-0.15, -0.1) is 0 Å². The van der Waals surface area contributed by atoms with Gasteiger partial charge in [0.1, 0.15) is 5.60 Å². The van der Waals surface area contributed by atoms with Crippen molar-refractivity contribution >= 4 is 28.5 Å². The molecule has 162 valence electrons. The van der Waals surface area contributed by atoms with E-state index in [4.69, 9.17) is 4.74 Å². The summed E-state index contributed by atoms with van der Waals surface area (Å²) < 4.78 is 7.20. The number of para-hydroxylation sites is 1. The summed E-state index contributed by atoms with van der Waals surface area (Å²) in [5.74, 6) is -0.150. The molecule has 0 aliphatic carbocycles. The second-order valence-electron chi connectivity index (χ2n) is 8.39. The third kappa shape index (κ3) is 5.29. The number of nitrogens with one attached hydrogen (secondary N) is 1. The number of ether oxygens (including phenoxy) is 1. The third-order valence-corrected chi connectivity index (χ3v) is 5.65. The second kappa shape index (κ2) is 8.50. The number of hydrogen-bond donors (Lipinski definition) is 1. The van der Waals surface area contributed by atoms with E-state index < -0.39 is 5.60 Å². The lowest BCUT2D eigenvalue weighted by Gasteiger charge is -2.29. The average molecular weight is 440 g/mol. The summed E-state index contributed by atoms with van der Waals surface area (Å²) in [5, 5.41) is 7.75. The van der Waals surface area contributed by atoms with E-state index in [1.165, 1.54) is 11.3 Å². The zero-order valence-corrected chi connectivity index (χ0v) is 18.6. The van der Waals surface area contributed by atoms with E-state index in [1.54, 1.807) is 15.8 Å². The number of rotatable bonds is 4. The number of thiazole rings is 1. The zero-order chi connectivity index (χ0) is 22.0. The summed E-state index contributed by atoms with van der Waals surface area (Å²) in [4.78, 5) is 32.0. The monoisotopic (exact) mass is 439 g/mol. The van der Waals surface area contributed by atoms with Crippen LogP contribution in [0.2, 0.25) is 0 Å². The molecule has 3 aromatic rings. The molecule has 4 rings (SSSR count). The van der Waals surface area contributed by atoms with Gasteiger partial charge >= 0.3 is 6.09 Å². The van der Waals surface area contributed by atoms with Crippen molar-refractivity contribution in [1.82, 2.24) is 19.7 Å². The summed E-state index contributed by atoms with van der Waals surface area (Å²) in [6.07, 6.45) is 4.07. The molecule has 0 saturated heterocycles. The van der Waals surface area contributed by atoms with Crippen molar-refractivity contribution in [1.29, 1.82) is 0 Å². The first-order valence-electron chi connectivity index (χ1n) is 10.1. The molecule has 3 heterocycles. The lowest BCUT2D eigenvalue weighted by Crippen LogP contribution is -2.39. The topological polar surface area (TPSA) is 89.3 Å². The van der Waals surface area contributed by atoms with E-state index in [0.29, 0.717) is 24.6 Å². The average Bonchev–Trinajstić information content (AvgIpc) is 3.33. The summed E-state index contributed by atoms with van der Waals surface area (Å²) in [7, 11) is 0. The summed E-state index contributed by atoms with van der Waals surface area (Å²) in [6.45, 7) is 6.55. The zero-order valence-electron chi connectivity index (χ0n) is 17.8. The Morgan fingerprint density at radius 1 is 1.23 bits per heavy atom. The lowest BCUT2D eigenvalue weighted by molar-refractivity contribution is -0.115. The fourth-order valence-electron chi connectivity index (χ4n) is 3.25. The van der Waals surface area contributed by atoms with Crippen LogP contribution in [0.25, 0.3) is 5.69 Å². The van der Waals surface area contributed by atoms with Crippen LogP contribution >= 0.6 is 11.3 Å². The molecule has 1 aliphatic heterocycles. The molecule has 0 bridgehead atoms. The number of aromatic nitrogens is 3. The molecule has 1 aromatic carbocycles. The molecule has 0 fully saturated rings. The summed E-state index contributed by atoms with van der Waals surface area (Å²) >= 11 is 1.40. The maximum absolute atomic E-state index is 12.5. The van der Waals surface area contributed by atoms with Crippen LogP contribution in [-0.4, -0.2) is 43.8 Å². The van der Waals surface area contributed by atoms with E-state index in [2.05, 4.69) is 15.4 Å².